The molecule has 1 N–H and O–H groups in total. The van der Waals surface area contributed by atoms with E-state index in [0.29, 0.717) is 5.25 Å². The number of carbonyl (C=O) groups is 1. The molecule has 2 aliphatic rings. The zero-order valence-electron chi connectivity index (χ0n) is 9.96. The molecule has 0 aromatic rings. The number of carbonyl (C=O) groups excluding carboxylic acids is 1. The standard InChI is InChI=1S/C12H21NO2S/c1-15-11(14)12(7-3-4-8-13-12)10-6-2-5-9-16-10/h10,13H,2-9H2,1H3. The largest absolute Gasteiger partial charge is 0.468 e. The summed E-state index contributed by atoms with van der Waals surface area (Å²) >= 11 is 1.95. The third kappa shape index (κ3) is 2.23. The molecule has 2 unspecified atom stereocenters. The van der Waals surface area contributed by atoms with Crippen LogP contribution in [-0.4, -0.2) is 36.2 Å². The van der Waals surface area contributed by atoms with E-state index in [0.717, 1.165) is 25.8 Å². The fraction of sp³-hybridized carbons (Fsp3) is 0.917. The molecule has 0 spiro atoms. The lowest BCUT2D eigenvalue weighted by atomic mass is 9.83. The van der Waals surface area contributed by atoms with Crippen molar-refractivity contribution in [1.82, 2.24) is 5.32 Å². The van der Waals surface area contributed by atoms with Crippen LogP contribution in [0.25, 0.3) is 0 Å². The molecule has 0 saturated carbocycles. The highest BCUT2D eigenvalue weighted by Crippen LogP contribution is 2.38. The van der Waals surface area contributed by atoms with E-state index < -0.39 is 5.54 Å². The average Bonchev–Trinajstić information content (AvgIpc) is 2.39. The van der Waals surface area contributed by atoms with E-state index in [2.05, 4.69) is 5.32 Å². The second kappa shape index (κ2) is 5.41. The van der Waals surface area contributed by atoms with E-state index in [1.54, 1.807) is 0 Å². The van der Waals surface area contributed by atoms with E-state index in [4.69, 9.17) is 4.74 Å². The summed E-state index contributed by atoms with van der Waals surface area (Å²) in [7, 11) is 1.51. The second-order valence-electron chi connectivity index (χ2n) is 4.70. The fourth-order valence-corrected chi connectivity index (χ4v) is 4.39. The van der Waals surface area contributed by atoms with Gasteiger partial charge >= 0.3 is 5.97 Å². The van der Waals surface area contributed by atoms with Gasteiger partial charge in [0.15, 0.2) is 0 Å². The van der Waals surface area contributed by atoms with E-state index >= 15 is 0 Å². The summed E-state index contributed by atoms with van der Waals surface area (Å²) in [6.07, 6.45) is 6.94. The summed E-state index contributed by atoms with van der Waals surface area (Å²) in [6.45, 7) is 0.951. The molecule has 2 atom stereocenters. The van der Waals surface area contributed by atoms with Crippen molar-refractivity contribution in [2.24, 2.45) is 0 Å². The predicted octanol–water partition coefficient (Wildman–Crippen LogP) is 1.96. The smallest absolute Gasteiger partial charge is 0.327 e. The minimum atomic E-state index is -0.391. The van der Waals surface area contributed by atoms with Gasteiger partial charge in [-0.25, -0.2) is 0 Å². The van der Waals surface area contributed by atoms with E-state index in [-0.39, 0.29) is 5.97 Å². The molecular formula is C12H21NO2S. The Morgan fingerprint density at radius 1 is 1.38 bits per heavy atom. The van der Waals surface area contributed by atoms with Gasteiger partial charge in [-0.2, -0.15) is 11.8 Å². The molecule has 0 bridgehead atoms. The van der Waals surface area contributed by atoms with Gasteiger partial charge in [0.2, 0.25) is 0 Å². The number of esters is 1. The SMILES string of the molecule is COC(=O)C1(C2CCCCS2)CCCCN1. The normalized spacial score (nSPS) is 35.7. The van der Waals surface area contributed by atoms with Crippen LogP contribution in [0.1, 0.15) is 38.5 Å². The molecule has 0 amide bonds. The van der Waals surface area contributed by atoms with Crippen LogP contribution < -0.4 is 5.32 Å². The number of hydrogen-bond donors (Lipinski definition) is 1. The molecular weight excluding hydrogens is 222 g/mol. The maximum atomic E-state index is 12.1. The first-order chi connectivity index (χ1) is 7.79. The highest BCUT2D eigenvalue weighted by molar-refractivity contribution is 8.00. The number of nitrogens with one attached hydrogen (secondary N) is 1. The Morgan fingerprint density at radius 3 is 2.81 bits per heavy atom. The van der Waals surface area contributed by atoms with Crippen LogP contribution >= 0.6 is 11.8 Å². The third-order valence-electron chi connectivity index (χ3n) is 3.72. The van der Waals surface area contributed by atoms with Gasteiger partial charge in [-0.3, -0.25) is 4.79 Å². The van der Waals surface area contributed by atoms with Crippen LogP contribution in [0.2, 0.25) is 0 Å². The van der Waals surface area contributed by atoms with E-state index in [1.165, 1.54) is 32.1 Å². The van der Waals surface area contributed by atoms with Gasteiger partial charge in [0.1, 0.15) is 5.54 Å². The Kier molecular flexibility index (Phi) is 4.14. The molecule has 4 heteroatoms. The fourth-order valence-electron chi connectivity index (χ4n) is 2.82. The number of ether oxygens (including phenoxy) is 1. The van der Waals surface area contributed by atoms with Crippen molar-refractivity contribution in [3.05, 3.63) is 0 Å². The molecule has 2 saturated heterocycles. The Bertz CT molecular complexity index is 245. The minimum absolute atomic E-state index is 0.0494. The molecule has 0 radical (unpaired) electrons. The quantitative estimate of drug-likeness (QED) is 0.752. The number of piperidine rings is 1. The van der Waals surface area contributed by atoms with Crippen molar-refractivity contribution >= 4 is 17.7 Å². The van der Waals surface area contributed by atoms with Crippen LogP contribution in [0.4, 0.5) is 0 Å². The molecule has 0 aliphatic carbocycles. The van der Waals surface area contributed by atoms with Crippen LogP contribution in [0, 0.1) is 0 Å². The predicted molar refractivity (Wildman–Crippen MR) is 66.7 cm³/mol. The summed E-state index contributed by atoms with van der Waals surface area (Å²) in [4.78, 5) is 12.1. The van der Waals surface area contributed by atoms with Crippen LogP contribution in [-0.2, 0) is 9.53 Å². The van der Waals surface area contributed by atoms with Crippen LogP contribution in [0.3, 0.4) is 0 Å². The molecule has 2 rings (SSSR count). The van der Waals surface area contributed by atoms with Crippen molar-refractivity contribution in [2.45, 2.75) is 49.3 Å². The Labute approximate surface area is 102 Å². The van der Waals surface area contributed by atoms with Crippen LogP contribution in [0.15, 0.2) is 0 Å². The molecule has 0 aromatic heterocycles. The van der Waals surface area contributed by atoms with Gasteiger partial charge in [-0.05, 0) is 44.4 Å². The number of methoxy groups -OCH3 is 1. The van der Waals surface area contributed by atoms with E-state index in [1.807, 2.05) is 11.8 Å². The molecule has 0 aromatic carbocycles. The Balaban J connectivity index is 2.14. The first-order valence-corrected chi connectivity index (χ1v) is 7.29. The van der Waals surface area contributed by atoms with Crippen molar-refractivity contribution in [1.29, 1.82) is 0 Å². The lowest BCUT2D eigenvalue weighted by molar-refractivity contribution is -0.149. The molecule has 3 nitrogen and oxygen atoms in total. The minimum Gasteiger partial charge on any atom is -0.468 e. The van der Waals surface area contributed by atoms with Crippen molar-refractivity contribution in [2.75, 3.05) is 19.4 Å². The Morgan fingerprint density at radius 2 is 2.25 bits per heavy atom. The van der Waals surface area contributed by atoms with Gasteiger partial charge in [0, 0.05) is 5.25 Å². The Hall–Kier alpha value is -0.220. The van der Waals surface area contributed by atoms with Gasteiger partial charge in [-0.15, -0.1) is 0 Å². The van der Waals surface area contributed by atoms with Gasteiger partial charge < -0.3 is 10.1 Å². The van der Waals surface area contributed by atoms with E-state index in [9.17, 15) is 4.79 Å². The summed E-state index contributed by atoms with van der Waals surface area (Å²) < 4.78 is 5.03. The average molecular weight is 243 g/mol. The maximum Gasteiger partial charge on any atom is 0.327 e. The van der Waals surface area contributed by atoms with Gasteiger partial charge in [0.25, 0.3) is 0 Å². The first kappa shape index (κ1) is 12.2. The summed E-state index contributed by atoms with van der Waals surface area (Å²) in [6, 6.07) is 0. The first-order valence-electron chi connectivity index (χ1n) is 6.24. The number of thioether (sulfide) groups is 1. The van der Waals surface area contributed by atoms with Crippen molar-refractivity contribution < 1.29 is 9.53 Å². The van der Waals surface area contributed by atoms with Gasteiger partial charge in [0.05, 0.1) is 7.11 Å². The topological polar surface area (TPSA) is 38.3 Å². The summed E-state index contributed by atoms with van der Waals surface area (Å²) in [5, 5.41) is 3.87. The number of hydrogen-bond acceptors (Lipinski definition) is 4. The molecule has 2 aliphatic heterocycles. The van der Waals surface area contributed by atoms with Crippen molar-refractivity contribution in [3.8, 4) is 0 Å². The third-order valence-corrected chi connectivity index (χ3v) is 5.28. The summed E-state index contributed by atoms with van der Waals surface area (Å²) in [5.74, 6) is 1.14. The zero-order valence-corrected chi connectivity index (χ0v) is 10.8. The second-order valence-corrected chi connectivity index (χ2v) is 6.01. The molecule has 2 fully saturated rings. The van der Waals surface area contributed by atoms with Gasteiger partial charge in [-0.1, -0.05) is 6.42 Å². The van der Waals surface area contributed by atoms with Crippen LogP contribution in [0.5, 0.6) is 0 Å². The lowest BCUT2D eigenvalue weighted by Gasteiger charge is -2.42. The lowest BCUT2D eigenvalue weighted by Crippen LogP contribution is -2.62. The molecule has 16 heavy (non-hydrogen) atoms. The number of rotatable bonds is 2. The molecule has 92 valence electrons. The zero-order chi connectivity index (χ0) is 11.4. The van der Waals surface area contributed by atoms with Crippen molar-refractivity contribution in [3.63, 3.8) is 0 Å². The maximum absolute atomic E-state index is 12.1. The molecule has 2 heterocycles. The highest BCUT2D eigenvalue weighted by atomic mass is 32.2. The highest BCUT2D eigenvalue weighted by Gasteiger charge is 2.47. The monoisotopic (exact) mass is 243 g/mol. The summed E-state index contributed by atoms with van der Waals surface area (Å²) in [5.41, 5.74) is -0.391.